The molecule has 1 aromatic rings. The molecule has 1 aliphatic heterocycles. The largest absolute Gasteiger partial charge is 0.496 e. The molecule has 1 N–H and O–H groups in total. The van der Waals surface area contributed by atoms with Crippen molar-refractivity contribution in [3.8, 4) is 5.75 Å². The van der Waals surface area contributed by atoms with E-state index in [4.69, 9.17) is 9.47 Å². The highest BCUT2D eigenvalue weighted by molar-refractivity contribution is 5.97. The lowest BCUT2D eigenvalue weighted by Crippen LogP contribution is -2.42. The molecule has 0 radical (unpaired) electrons. The van der Waals surface area contributed by atoms with E-state index < -0.39 is 0 Å². The third-order valence-electron chi connectivity index (χ3n) is 3.42. The van der Waals surface area contributed by atoms with Crippen LogP contribution in [0, 0.1) is 13.8 Å². The Balaban J connectivity index is 2.10. The van der Waals surface area contributed by atoms with Crippen LogP contribution in [0.4, 0.5) is 0 Å². The van der Waals surface area contributed by atoms with Gasteiger partial charge in [-0.3, -0.25) is 4.79 Å². The van der Waals surface area contributed by atoms with Crippen LogP contribution >= 0.6 is 0 Å². The molecular weight excluding hydrogens is 242 g/mol. The molecular formula is C15H21NO3. The van der Waals surface area contributed by atoms with E-state index in [-0.39, 0.29) is 11.8 Å². The first-order chi connectivity index (χ1) is 9.11. The maximum Gasteiger partial charge on any atom is 0.164 e. The average Bonchev–Trinajstić information content (AvgIpc) is 2.39. The van der Waals surface area contributed by atoms with Crippen molar-refractivity contribution in [3.63, 3.8) is 0 Å². The van der Waals surface area contributed by atoms with Crippen molar-refractivity contribution in [2.24, 2.45) is 0 Å². The lowest BCUT2D eigenvalue weighted by molar-refractivity contribution is 0.0676. The van der Waals surface area contributed by atoms with Crippen molar-refractivity contribution in [2.75, 3.05) is 26.9 Å². The topological polar surface area (TPSA) is 47.6 Å². The Kier molecular flexibility index (Phi) is 4.56. The fourth-order valence-corrected chi connectivity index (χ4v) is 2.53. The number of morpholine rings is 1. The van der Waals surface area contributed by atoms with Crippen molar-refractivity contribution >= 4 is 5.78 Å². The van der Waals surface area contributed by atoms with Gasteiger partial charge in [-0.15, -0.1) is 0 Å². The zero-order valence-corrected chi connectivity index (χ0v) is 11.8. The molecule has 19 heavy (non-hydrogen) atoms. The molecule has 1 aliphatic rings. The lowest BCUT2D eigenvalue weighted by atomic mass is 9.99. The van der Waals surface area contributed by atoms with Crippen molar-refractivity contribution in [2.45, 2.75) is 26.3 Å². The fraction of sp³-hybridized carbons (Fsp3) is 0.533. The van der Waals surface area contributed by atoms with E-state index in [9.17, 15) is 4.79 Å². The Bertz CT molecular complexity index is 441. The van der Waals surface area contributed by atoms with Crippen LogP contribution in [0.1, 0.15) is 27.9 Å². The zero-order chi connectivity index (χ0) is 13.8. The third kappa shape index (κ3) is 3.33. The molecule has 1 aromatic carbocycles. The highest BCUT2D eigenvalue weighted by atomic mass is 16.5. The van der Waals surface area contributed by atoms with Gasteiger partial charge in [0.15, 0.2) is 5.78 Å². The molecule has 0 bridgehead atoms. The fourth-order valence-electron chi connectivity index (χ4n) is 2.53. The molecule has 0 spiro atoms. The monoisotopic (exact) mass is 263 g/mol. The van der Waals surface area contributed by atoms with Gasteiger partial charge in [-0.05, 0) is 37.1 Å². The molecule has 1 fully saturated rings. The van der Waals surface area contributed by atoms with Gasteiger partial charge in [0, 0.05) is 24.6 Å². The van der Waals surface area contributed by atoms with Gasteiger partial charge < -0.3 is 14.8 Å². The predicted octanol–water partition coefficient (Wildman–Crippen LogP) is 1.87. The maximum atomic E-state index is 12.3. The molecule has 4 heteroatoms. The van der Waals surface area contributed by atoms with Crippen LogP contribution in [-0.4, -0.2) is 38.7 Å². The molecule has 1 heterocycles. The molecule has 0 saturated carbocycles. The normalized spacial score (nSPS) is 19.2. The molecule has 1 saturated heterocycles. The molecule has 104 valence electrons. The first-order valence-corrected chi connectivity index (χ1v) is 6.61. The van der Waals surface area contributed by atoms with Crippen molar-refractivity contribution in [3.05, 3.63) is 28.8 Å². The number of nitrogens with one attached hydrogen (secondary N) is 1. The number of aryl methyl sites for hydroxylation is 2. The quantitative estimate of drug-likeness (QED) is 0.843. The summed E-state index contributed by atoms with van der Waals surface area (Å²) in [6, 6.07) is 3.93. The van der Waals surface area contributed by atoms with Crippen LogP contribution in [0.5, 0.6) is 5.75 Å². The van der Waals surface area contributed by atoms with Crippen molar-refractivity contribution in [1.82, 2.24) is 5.32 Å². The van der Waals surface area contributed by atoms with Gasteiger partial charge in [-0.25, -0.2) is 0 Å². The molecule has 1 atom stereocenters. The molecule has 0 amide bonds. The highest BCUT2D eigenvalue weighted by Gasteiger charge is 2.19. The summed E-state index contributed by atoms with van der Waals surface area (Å²) >= 11 is 0. The molecule has 4 nitrogen and oxygen atoms in total. The van der Waals surface area contributed by atoms with Gasteiger partial charge in [0.05, 0.1) is 20.3 Å². The van der Waals surface area contributed by atoms with Crippen LogP contribution in [0.2, 0.25) is 0 Å². The third-order valence-corrected chi connectivity index (χ3v) is 3.42. The average molecular weight is 263 g/mol. The summed E-state index contributed by atoms with van der Waals surface area (Å²) in [7, 11) is 1.65. The lowest BCUT2D eigenvalue weighted by Gasteiger charge is -2.23. The summed E-state index contributed by atoms with van der Waals surface area (Å²) in [5.41, 5.74) is 2.75. The predicted molar refractivity (Wildman–Crippen MR) is 74.0 cm³/mol. The minimum atomic E-state index is 0.129. The molecule has 0 aliphatic carbocycles. The molecule has 1 unspecified atom stereocenters. The van der Waals surface area contributed by atoms with Crippen LogP contribution < -0.4 is 10.1 Å². The second-order valence-corrected chi connectivity index (χ2v) is 5.00. The number of carbonyl (C=O) groups excluding carboxylic acids is 1. The van der Waals surface area contributed by atoms with E-state index in [0.29, 0.717) is 13.0 Å². The number of benzene rings is 1. The molecule has 2 rings (SSSR count). The van der Waals surface area contributed by atoms with Crippen LogP contribution in [0.3, 0.4) is 0 Å². The summed E-state index contributed by atoms with van der Waals surface area (Å²) < 4.78 is 10.7. The first-order valence-electron chi connectivity index (χ1n) is 6.61. The van der Waals surface area contributed by atoms with Gasteiger partial charge >= 0.3 is 0 Å². The van der Waals surface area contributed by atoms with Gasteiger partial charge in [0.25, 0.3) is 0 Å². The number of methoxy groups -OCH3 is 1. The Morgan fingerprint density at radius 1 is 1.42 bits per heavy atom. The second-order valence-electron chi connectivity index (χ2n) is 5.00. The Morgan fingerprint density at radius 3 is 2.63 bits per heavy atom. The number of ketones is 1. The number of Topliss-reactive ketones (excluding diaryl/α,β-unsaturated/α-hetero) is 1. The van der Waals surface area contributed by atoms with E-state index in [1.807, 2.05) is 26.0 Å². The van der Waals surface area contributed by atoms with Crippen LogP contribution in [0.25, 0.3) is 0 Å². The summed E-state index contributed by atoms with van der Waals surface area (Å²) in [5.74, 6) is 1.01. The number of hydrogen-bond acceptors (Lipinski definition) is 4. The standard InChI is InChI=1S/C15H21NO3/c1-10-6-12(7-11(2)15(10)18-3)14(17)8-13-9-19-5-4-16-13/h6-7,13,16H,4-5,8-9H2,1-3H3. The highest BCUT2D eigenvalue weighted by Crippen LogP contribution is 2.25. The minimum absolute atomic E-state index is 0.129. The Hall–Kier alpha value is -1.39. The Morgan fingerprint density at radius 2 is 2.11 bits per heavy atom. The van der Waals surface area contributed by atoms with Gasteiger partial charge in [0.2, 0.25) is 0 Å². The van der Waals surface area contributed by atoms with Crippen LogP contribution in [0.15, 0.2) is 12.1 Å². The summed E-state index contributed by atoms with van der Waals surface area (Å²) in [4.78, 5) is 12.3. The van der Waals surface area contributed by atoms with Gasteiger partial charge in [0.1, 0.15) is 5.75 Å². The van der Waals surface area contributed by atoms with E-state index >= 15 is 0 Å². The first kappa shape index (κ1) is 14.0. The number of rotatable bonds is 4. The van der Waals surface area contributed by atoms with Gasteiger partial charge in [-0.2, -0.15) is 0 Å². The maximum absolute atomic E-state index is 12.3. The van der Waals surface area contributed by atoms with Crippen LogP contribution in [-0.2, 0) is 4.74 Å². The van der Waals surface area contributed by atoms with E-state index in [0.717, 1.165) is 35.6 Å². The van der Waals surface area contributed by atoms with Crippen molar-refractivity contribution in [1.29, 1.82) is 0 Å². The number of ether oxygens (including phenoxy) is 2. The number of carbonyl (C=O) groups is 1. The Labute approximate surface area is 114 Å². The SMILES string of the molecule is COc1c(C)cc(C(=O)CC2COCCN2)cc1C. The minimum Gasteiger partial charge on any atom is -0.496 e. The summed E-state index contributed by atoms with van der Waals surface area (Å²) in [6.45, 7) is 6.08. The summed E-state index contributed by atoms with van der Waals surface area (Å²) in [5, 5.41) is 3.30. The number of hydrogen-bond donors (Lipinski definition) is 1. The van der Waals surface area contributed by atoms with Gasteiger partial charge in [-0.1, -0.05) is 0 Å². The second kappa shape index (κ2) is 6.17. The smallest absolute Gasteiger partial charge is 0.164 e. The van der Waals surface area contributed by atoms with E-state index in [1.54, 1.807) is 7.11 Å². The van der Waals surface area contributed by atoms with E-state index in [2.05, 4.69) is 5.32 Å². The zero-order valence-electron chi connectivity index (χ0n) is 11.8. The summed E-state index contributed by atoms with van der Waals surface area (Å²) in [6.07, 6.45) is 0.477. The van der Waals surface area contributed by atoms with E-state index in [1.165, 1.54) is 0 Å². The molecule has 0 aromatic heterocycles. The van der Waals surface area contributed by atoms with Crippen molar-refractivity contribution < 1.29 is 14.3 Å².